The molecule has 0 amide bonds. The smallest absolute Gasteiger partial charge is 0.231 e. The second-order valence-electron chi connectivity index (χ2n) is 6.50. The predicted molar refractivity (Wildman–Crippen MR) is 77.1 cm³/mol. The maximum absolute atomic E-state index is 10.1. The normalized spacial score (nSPS) is 23.8. The van der Waals surface area contributed by atoms with E-state index in [9.17, 15) is 5.11 Å². The van der Waals surface area contributed by atoms with Crippen LogP contribution in [0.25, 0.3) is 0 Å². The maximum atomic E-state index is 10.1. The van der Waals surface area contributed by atoms with Gasteiger partial charge < -0.3 is 19.9 Å². The average Bonchev–Trinajstić information content (AvgIpc) is 2.83. The van der Waals surface area contributed by atoms with Crippen molar-refractivity contribution in [3.63, 3.8) is 0 Å². The van der Waals surface area contributed by atoms with Gasteiger partial charge in [0.25, 0.3) is 0 Å². The third-order valence-electron chi connectivity index (χ3n) is 4.62. The van der Waals surface area contributed by atoms with E-state index >= 15 is 0 Å². The van der Waals surface area contributed by atoms with Crippen molar-refractivity contribution in [1.82, 2.24) is 5.32 Å². The Morgan fingerprint density at radius 3 is 2.75 bits per heavy atom. The van der Waals surface area contributed by atoms with Gasteiger partial charge in [-0.1, -0.05) is 26.7 Å². The fraction of sp³-hybridized carbons (Fsp3) is 0.625. The van der Waals surface area contributed by atoms with E-state index in [1.54, 1.807) is 6.07 Å². The minimum atomic E-state index is 0.237. The summed E-state index contributed by atoms with van der Waals surface area (Å²) in [7, 11) is 0. The van der Waals surface area contributed by atoms with Gasteiger partial charge in [-0.2, -0.15) is 0 Å². The topological polar surface area (TPSA) is 50.7 Å². The number of hydrogen-bond acceptors (Lipinski definition) is 4. The van der Waals surface area contributed by atoms with Crippen LogP contribution < -0.4 is 14.8 Å². The van der Waals surface area contributed by atoms with Gasteiger partial charge in [-0.05, 0) is 24.3 Å². The highest BCUT2D eigenvalue weighted by Crippen LogP contribution is 2.39. The molecule has 20 heavy (non-hydrogen) atoms. The fourth-order valence-corrected chi connectivity index (χ4v) is 3.22. The summed E-state index contributed by atoms with van der Waals surface area (Å²) in [6.07, 6.45) is 5.07. The largest absolute Gasteiger partial charge is 0.507 e. The second-order valence-corrected chi connectivity index (χ2v) is 6.50. The number of benzene rings is 1. The molecule has 1 atom stereocenters. The summed E-state index contributed by atoms with van der Waals surface area (Å²) < 4.78 is 10.6. The molecule has 4 nitrogen and oxygen atoms in total. The van der Waals surface area contributed by atoms with Gasteiger partial charge in [0, 0.05) is 24.2 Å². The summed E-state index contributed by atoms with van der Waals surface area (Å²) >= 11 is 0. The first-order valence-corrected chi connectivity index (χ1v) is 7.41. The zero-order chi connectivity index (χ0) is 14.2. The molecule has 0 bridgehead atoms. The lowest BCUT2D eigenvalue weighted by molar-refractivity contribution is 0.166. The monoisotopic (exact) mass is 277 g/mol. The predicted octanol–water partition coefficient (Wildman–Crippen LogP) is 3.18. The molecule has 1 aromatic carbocycles. The summed E-state index contributed by atoms with van der Waals surface area (Å²) in [5.74, 6) is 1.63. The Balaban J connectivity index is 1.69. The van der Waals surface area contributed by atoms with E-state index in [1.807, 2.05) is 6.07 Å². The molecule has 1 heterocycles. The number of fused-ring (bicyclic) bond motifs is 1. The number of rotatable bonds is 3. The van der Waals surface area contributed by atoms with E-state index in [0.717, 1.165) is 11.3 Å². The van der Waals surface area contributed by atoms with E-state index in [4.69, 9.17) is 9.47 Å². The Labute approximate surface area is 120 Å². The lowest BCUT2D eigenvalue weighted by atomic mass is 9.73. The Bertz CT molecular complexity index is 499. The second kappa shape index (κ2) is 5.17. The molecule has 1 aromatic rings. The number of nitrogens with one attached hydrogen (secondary N) is 1. The van der Waals surface area contributed by atoms with Gasteiger partial charge in [-0.15, -0.1) is 0 Å². The molecule has 4 heteroatoms. The molecule has 0 aromatic heterocycles. The summed E-state index contributed by atoms with van der Waals surface area (Å²) in [6.45, 7) is 5.55. The van der Waals surface area contributed by atoms with Gasteiger partial charge >= 0.3 is 0 Å². The van der Waals surface area contributed by atoms with Crippen LogP contribution in [0.1, 0.15) is 45.1 Å². The summed E-state index contributed by atoms with van der Waals surface area (Å²) in [5.41, 5.74) is 1.19. The van der Waals surface area contributed by atoms with Crippen LogP contribution >= 0.6 is 0 Å². The van der Waals surface area contributed by atoms with Crippen LogP contribution in [-0.2, 0) is 6.54 Å². The lowest BCUT2D eigenvalue weighted by Crippen LogP contribution is -2.43. The van der Waals surface area contributed by atoms with E-state index in [-0.39, 0.29) is 12.5 Å². The Morgan fingerprint density at radius 2 is 2.00 bits per heavy atom. The maximum Gasteiger partial charge on any atom is 0.231 e. The van der Waals surface area contributed by atoms with E-state index in [0.29, 0.717) is 23.8 Å². The third-order valence-corrected chi connectivity index (χ3v) is 4.62. The van der Waals surface area contributed by atoms with Crippen LogP contribution in [0.2, 0.25) is 0 Å². The van der Waals surface area contributed by atoms with Crippen LogP contribution in [-0.4, -0.2) is 17.9 Å². The lowest BCUT2D eigenvalue weighted by Gasteiger charge is -2.39. The molecule has 0 spiro atoms. The van der Waals surface area contributed by atoms with E-state index < -0.39 is 0 Å². The molecule has 1 aliphatic carbocycles. The molecule has 110 valence electrons. The molecular weight excluding hydrogens is 254 g/mol. The van der Waals surface area contributed by atoms with Crippen molar-refractivity contribution in [2.24, 2.45) is 5.41 Å². The van der Waals surface area contributed by atoms with Crippen LogP contribution in [0.5, 0.6) is 17.2 Å². The highest BCUT2D eigenvalue weighted by Gasteiger charge is 2.31. The molecule has 0 radical (unpaired) electrons. The highest BCUT2D eigenvalue weighted by atomic mass is 16.7. The summed E-state index contributed by atoms with van der Waals surface area (Å²) in [5, 5.41) is 13.7. The van der Waals surface area contributed by atoms with Gasteiger partial charge in [0.1, 0.15) is 5.75 Å². The minimum Gasteiger partial charge on any atom is -0.507 e. The number of phenolic OH excluding ortho intramolecular Hbond substituents is 1. The SMILES string of the molecule is CC1(C)CCCCC1NCc1cc2c(cc1O)OCO2. The first kappa shape index (κ1) is 13.6. The van der Waals surface area contributed by atoms with Crippen LogP contribution in [0.3, 0.4) is 0 Å². The van der Waals surface area contributed by atoms with Crippen LogP contribution in [0.4, 0.5) is 0 Å². The zero-order valence-electron chi connectivity index (χ0n) is 12.2. The van der Waals surface area contributed by atoms with Crippen molar-refractivity contribution in [2.75, 3.05) is 6.79 Å². The Morgan fingerprint density at radius 1 is 1.25 bits per heavy atom. The fourth-order valence-electron chi connectivity index (χ4n) is 3.22. The van der Waals surface area contributed by atoms with Gasteiger partial charge in [0.15, 0.2) is 11.5 Å². The molecule has 1 aliphatic heterocycles. The molecular formula is C16H23NO3. The minimum absolute atomic E-state index is 0.237. The standard InChI is InChI=1S/C16H23NO3/c1-16(2)6-4-3-5-15(16)17-9-11-7-13-14(8-12(11)18)20-10-19-13/h7-8,15,17-18H,3-6,9-10H2,1-2H3. The Kier molecular flexibility index (Phi) is 3.50. The van der Waals surface area contributed by atoms with E-state index in [1.165, 1.54) is 25.7 Å². The van der Waals surface area contributed by atoms with Gasteiger partial charge in [0.2, 0.25) is 6.79 Å². The molecule has 2 N–H and O–H groups in total. The third kappa shape index (κ3) is 2.57. The molecule has 1 fully saturated rings. The molecule has 1 unspecified atom stereocenters. The van der Waals surface area contributed by atoms with Crippen molar-refractivity contribution >= 4 is 0 Å². The molecule has 3 rings (SSSR count). The summed E-state index contributed by atoms with van der Waals surface area (Å²) in [6, 6.07) is 4.02. The average molecular weight is 277 g/mol. The number of hydrogen-bond donors (Lipinski definition) is 2. The van der Waals surface area contributed by atoms with Crippen LogP contribution in [0.15, 0.2) is 12.1 Å². The van der Waals surface area contributed by atoms with Gasteiger partial charge in [-0.25, -0.2) is 0 Å². The van der Waals surface area contributed by atoms with Crippen molar-refractivity contribution in [1.29, 1.82) is 0 Å². The number of aromatic hydroxyl groups is 1. The van der Waals surface area contributed by atoms with Gasteiger partial charge in [0.05, 0.1) is 0 Å². The molecule has 1 saturated carbocycles. The van der Waals surface area contributed by atoms with E-state index in [2.05, 4.69) is 19.2 Å². The first-order chi connectivity index (χ1) is 9.56. The molecule has 2 aliphatic rings. The quantitative estimate of drug-likeness (QED) is 0.891. The van der Waals surface area contributed by atoms with Crippen molar-refractivity contribution in [3.8, 4) is 17.2 Å². The van der Waals surface area contributed by atoms with Gasteiger partial charge in [-0.3, -0.25) is 0 Å². The molecule has 0 saturated heterocycles. The Hall–Kier alpha value is -1.42. The highest BCUT2D eigenvalue weighted by molar-refractivity contribution is 5.51. The van der Waals surface area contributed by atoms with Crippen molar-refractivity contribution in [2.45, 2.75) is 52.1 Å². The van der Waals surface area contributed by atoms with Crippen molar-refractivity contribution in [3.05, 3.63) is 17.7 Å². The zero-order valence-corrected chi connectivity index (χ0v) is 12.2. The summed E-state index contributed by atoms with van der Waals surface area (Å²) in [4.78, 5) is 0. The van der Waals surface area contributed by atoms with Crippen LogP contribution in [0, 0.1) is 5.41 Å². The number of phenols is 1. The van der Waals surface area contributed by atoms with Crippen molar-refractivity contribution < 1.29 is 14.6 Å². The number of ether oxygens (including phenoxy) is 2. The first-order valence-electron chi connectivity index (χ1n) is 7.41.